The summed E-state index contributed by atoms with van der Waals surface area (Å²) in [7, 11) is -0.752. The van der Waals surface area contributed by atoms with Crippen LogP contribution in [0, 0.1) is 6.92 Å². The maximum absolute atomic E-state index is 12.4. The number of ether oxygens (including phenoxy) is 2. The summed E-state index contributed by atoms with van der Waals surface area (Å²) >= 11 is 1.71. The number of carbonyl (C=O) groups excluding carboxylic acids is 1. The van der Waals surface area contributed by atoms with Gasteiger partial charge in [-0.3, -0.25) is 9.10 Å². The van der Waals surface area contributed by atoms with E-state index in [0.29, 0.717) is 18.0 Å². The number of anilines is 1. The molecule has 164 valence electrons. The van der Waals surface area contributed by atoms with Gasteiger partial charge >= 0.3 is 0 Å². The predicted octanol–water partition coefficient (Wildman–Crippen LogP) is 2.83. The molecule has 0 aliphatic carbocycles. The quantitative estimate of drug-likeness (QED) is 0.528. The van der Waals surface area contributed by atoms with Crippen molar-refractivity contribution < 1.29 is 22.7 Å². The number of thioether (sulfide) groups is 1. The second kappa shape index (κ2) is 11.1. The lowest BCUT2D eigenvalue weighted by atomic mass is 10.2. The molecule has 0 atom stereocenters. The first-order valence-corrected chi connectivity index (χ1v) is 12.3. The molecule has 30 heavy (non-hydrogen) atoms. The summed E-state index contributed by atoms with van der Waals surface area (Å²) in [6.07, 6.45) is 1.06. The third-order valence-corrected chi connectivity index (χ3v) is 6.42. The molecule has 0 bridgehead atoms. The zero-order valence-corrected chi connectivity index (χ0v) is 19.3. The van der Waals surface area contributed by atoms with Gasteiger partial charge in [-0.2, -0.15) is 11.8 Å². The number of methoxy groups -OCH3 is 2. The first-order valence-electron chi connectivity index (χ1n) is 9.34. The Morgan fingerprint density at radius 1 is 1.13 bits per heavy atom. The van der Waals surface area contributed by atoms with Crippen LogP contribution in [0.5, 0.6) is 11.5 Å². The topological polar surface area (TPSA) is 84.9 Å². The average molecular weight is 453 g/mol. The lowest BCUT2D eigenvalue weighted by Gasteiger charge is -2.24. The summed E-state index contributed by atoms with van der Waals surface area (Å²) in [4.78, 5) is 12.4. The van der Waals surface area contributed by atoms with Crippen molar-refractivity contribution in [3.8, 4) is 11.5 Å². The van der Waals surface area contributed by atoms with Crippen molar-refractivity contribution in [2.24, 2.45) is 0 Å². The normalized spacial score (nSPS) is 11.1. The molecule has 0 saturated heterocycles. The van der Waals surface area contributed by atoms with E-state index in [1.807, 2.05) is 6.07 Å². The maximum atomic E-state index is 12.4. The van der Waals surface area contributed by atoms with Gasteiger partial charge in [-0.05, 0) is 24.6 Å². The predicted molar refractivity (Wildman–Crippen MR) is 122 cm³/mol. The minimum Gasteiger partial charge on any atom is -0.497 e. The zero-order chi connectivity index (χ0) is 22.1. The van der Waals surface area contributed by atoms with Crippen LogP contribution in [0.15, 0.2) is 42.5 Å². The van der Waals surface area contributed by atoms with Crippen molar-refractivity contribution in [3.63, 3.8) is 0 Å². The van der Waals surface area contributed by atoms with E-state index in [2.05, 4.69) is 30.4 Å². The van der Waals surface area contributed by atoms with Gasteiger partial charge in [0, 0.05) is 24.1 Å². The van der Waals surface area contributed by atoms with E-state index in [0.717, 1.165) is 22.1 Å². The number of benzene rings is 2. The van der Waals surface area contributed by atoms with Crippen molar-refractivity contribution in [1.82, 2.24) is 5.32 Å². The monoisotopic (exact) mass is 452 g/mol. The lowest BCUT2D eigenvalue weighted by Crippen LogP contribution is -2.41. The van der Waals surface area contributed by atoms with Crippen molar-refractivity contribution in [2.75, 3.05) is 43.6 Å². The SMILES string of the molecule is COc1ccc(N(CC(=O)NCCSCc2cccc(C)c2)S(C)(=O)=O)c(OC)c1. The van der Waals surface area contributed by atoms with Gasteiger partial charge in [0.05, 0.1) is 26.2 Å². The third kappa shape index (κ3) is 7.14. The molecule has 0 unspecified atom stereocenters. The van der Waals surface area contributed by atoms with Crippen molar-refractivity contribution in [3.05, 3.63) is 53.6 Å². The van der Waals surface area contributed by atoms with Crippen LogP contribution in [0.25, 0.3) is 0 Å². The number of hydrogen-bond acceptors (Lipinski definition) is 6. The highest BCUT2D eigenvalue weighted by Gasteiger charge is 2.24. The summed E-state index contributed by atoms with van der Waals surface area (Å²) in [6.45, 7) is 2.18. The molecular formula is C21H28N2O5S2. The first kappa shape index (κ1) is 23.9. The van der Waals surface area contributed by atoms with Crippen LogP contribution in [-0.2, 0) is 20.6 Å². The van der Waals surface area contributed by atoms with E-state index in [9.17, 15) is 13.2 Å². The van der Waals surface area contributed by atoms with Crippen molar-refractivity contribution in [2.45, 2.75) is 12.7 Å². The molecule has 2 aromatic carbocycles. The zero-order valence-electron chi connectivity index (χ0n) is 17.7. The van der Waals surface area contributed by atoms with Crippen LogP contribution < -0.4 is 19.1 Å². The van der Waals surface area contributed by atoms with Crippen LogP contribution in [0.4, 0.5) is 5.69 Å². The van der Waals surface area contributed by atoms with E-state index in [1.54, 1.807) is 30.0 Å². The summed E-state index contributed by atoms with van der Waals surface area (Å²) in [5, 5.41) is 2.78. The van der Waals surface area contributed by atoms with Gasteiger partial charge < -0.3 is 14.8 Å². The minimum atomic E-state index is -3.69. The number of nitrogens with zero attached hydrogens (tertiary/aromatic N) is 1. The highest BCUT2D eigenvalue weighted by atomic mass is 32.2. The summed E-state index contributed by atoms with van der Waals surface area (Å²) in [6, 6.07) is 13.1. The standard InChI is InChI=1S/C21H28N2O5S2/c1-16-6-5-7-17(12-16)15-29-11-10-22-21(24)14-23(30(4,25)26)19-9-8-18(27-2)13-20(19)28-3/h5-9,12-13H,10-11,14-15H2,1-4H3,(H,22,24). The molecule has 0 aliphatic rings. The smallest absolute Gasteiger partial charge is 0.240 e. The van der Waals surface area contributed by atoms with Crippen LogP contribution in [0.3, 0.4) is 0 Å². The largest absolute Gasteiger partial charge is 0.497 e. The molecule has 0 fully saturated rings. The van der Waals surface area contributed by atoms with Crippen LogP contribution in [0.1, 0.15) is 11.1 Å². The van der Waals surface area contributed by atoms with E-state index in [-0.39, 0.29) is 18.1 Å². The van der Waals surface area contributed by atoms with Gasteiger partial charge in [-0.15, -0.1) is 0 Å². The maximum Gasteiger partial charge on any atom is 0.240 e. The molecule has 1 amide bonds. The Labute approximate surface area is 182 Å². The summed E-state index contributed by atoms with van der Waals surface area (Å²) < 4.78 is 36.1. The Balaban J connectivity index is 1.93. The number of aryl methyl sites for hydroxylation is 1. The average Bonchev–Trinajstić information content (AvgIpc) is 2.70. The molecule has 0 saturated carbocycles. The minimum absolute atomic E-state index is 0.282. The second-order valence-electron chi connectivity index (χ2n) is 6.70. The molecule has 0 spiro atoms. The van der Waals surface area contributed by atoms with Crippen LogP contribution >= 0.6 is 11.8 Å². The molecule has 0 heterocycles. The molecular weight excluding hydrogens is 424 g/mol. The van der Waals surface area contributed by atoms with Crippen LogP contribution in [-0.4, -0.2) is 53.6 Å². The van der Waals surface area contributed by atoms with E-state index >= 15 is 0 Å². The Morgan fingerprint density at radius 3 is 2.53 bits per heavy atom. The lowest BCUT2D eigenvalue weighted by molar-refractivity contribution is -0.119. The number of nitrogens with one attached hydrogen (secondary N) is 1. The Bertz CT molecular complexity index is 964. The fraction of sp³-hybridized carbons (Fsp3) is 0.381. The van der Waals surface area contributed by atoms with Gasteiger partial charge in [0.25, 0.3) is 0 Å². The van der Waals surface area contributed by atoms with E-state index < -0.39 is 10.0 Å². The fourth-order valence-electron chi connectivity index (χ4n) is 2.81. The number of rotatable bonds is 11. The fourth-order valence-corrected chi connectivity index (χ4v) is 4.48. The van der Waals surface area contributed by atoms with Gasteiger partial charge in [-0.1, -0.05) is 29.8 Å². The number of carbonyl (C=O) groups is 1. The van der Waals surface area contributed by atoms with Gasteiger partial charge in [0.2, 0.25) is 15.9 Å². The Morgan fingerprint density at radius 2 is 1.90 bits per heavy atom. The first-order chi connectivity index (χ1) is 14.2. The highest BCUT2D eigenvalue weighted by Crippen LogP contribution is 2.33. The molecule has 1 N–H and O–H groups in total. The number of hydrogen-bond donors (Lipinski definition) is 1. The molecule has 2 rings (SSSR count). The molecule has 0 radical (unpaired) electrons. The molecule has 0 aromatic heterocycles. The third-order valence-electron chi connectivity index (χ3n) is 4.26. The van der Waals surface area contributed by atoms with Crippen molar-refractivity contribution >= 4 is 33.4 Å². The number of amides is 1. The van der Waals surface area contributed by atoms with E-state index in [4.69, 9.17) is 9.47 Å². The Hall–Kier alpha value is -2.39. The molecule has 2 aromatic rings. The molecule has 9 heteroatoms. The van der Waals surface area contributed by atoms with Gasteiger partial charge in [0.15, 0.2) is 0 Å². The molecule has 7 nitrogen and oxygen atoms in total. The molecule has 0 aliphatic heterocycles. The van der Waals surface area contributed by atoms with Crippen LogP contribution in [0.2, 0.25) is 0 Å². The number of sulfonamides is 1. The highest BCUT2D eigenvalue weighted by molar-refractivity contribution is 7.98. The van der Waals surface area contributed by atoms with Crippen molar-refractivity contribution in [1.29, 1.82) is 0 Å². The summed E-state index contributed by atoms with van der Waals surface area (Å²) in [5.41, 5.74) is 2.74. The summed E-state index contributed by atoms with van der Waals surface area (Å²) in [5.74, 6) is 2.04. The van der Waals surface area contributed by atoms with Gasteiger partial charge in [-0.25, -0.2) is 8.42 Å². The Kier molecular flexibility index (Phi) is 8.86. The van der Waals surface area contributed by atoms with Gasteiger partial charge in [0.1, 0.15) is 18.0 Å². The second-order valence-corrected chi connectivity index (χ2v) is 9.71. The van der Waals surface area contributed by atoms with E-state index in [1.165, 1.54) is 25.3 Å².